The molecule has 2 heterocycles. The average molecular weight is 362 g/mol. The van der Waals surface area contributed by atoms with Crippen LogP contribution in [0.25, 0.3) is 5.69 Å². The second-order valence-electron chi connectivity index (χ2n) is 4.86. The van der Waals surface area contributed by atoms with Gasteiger partial charge in [-0.15, -0.1) is 11.3 Å². The van der Waals surface area contributed by atoms with Crippen LogP contribution in [0.5, 0.6) is 0 Å². The highest BCUT2D eigenvalue weighted by molar-refractivity contribution is 9.10. The van der Waals surface area contributed by atoms with Crippen LogP contribution in [-0.2, 0) is 6.54 Å². The fourth-order valence-electron chi connectivity index (χ4n) is 2.16. The fourth-order valence-corrected chi connectivity index (χ4v) is 3.61. The summed E-state index contributed by atoms with van der Waals surface area (Å²) in [5.41, 5.74) is 2.41. The van der Waals surface area contributed by atoms with Gasteiger partial charge in [0, 0.05) is 40.0 Å². The van der Waals surface area contributed by atoms with Crippen molar-refractivity contribution in [1.82, 2.24) is 14.9 Å². The molecule has 0 saturated carbocycles. The van der Waals surface area contributed by atoms with Crippen molar-refractivity contribution < 1.29 is 0 Å². The van der Waals surface area contributed by atoms with Gasteiger partial charge in [0.1, 0.15) is 0 Å². The first-order chi connectivity index (χ1) is 10.2. The predicted octanol–water partition coefficient (Wildman–Crippen LogP) is 4.55. The van der Waals surface area contributed by atoms with Crippen molar-refractivity contribution in [2.75, 3.05) is 0 Å². The van der Waals surface area contributed by atoms with E-state index in [2.05, 4.69) is 68.9 Å². The van der Waals surface area contributed by atoms with Crippen LogP contribution >= 0.6 is 27.3 Å². The number of hydrogen-bond acceptors (Lipinski definition) is 3. The summed E-state index contributed by atoms with van der Waals surface area (Å²) in [6.45, 7) is 3.07. The van der Waals surface area contributed by atoms with Crippen molar-refractivity contribution in [3.63, 3.8) is 0 Å². The molecule has 1 unspecified atom stereocenters. The number of aromatic nitrogens is 2. The Balaban J connectivity index is 1.65. The van der Waals surface area contributed by atoms with E-state index < -0.39 is 0 Å². The molecule has 1 atom stereocenters. The number of nitrogens with zero attached hydrogens (tertiary/aromatic N) is 2. The summed E-state index contributed by atoms with van der Waals surface area (Å²) in [5.74, 6) is 0. The lowest BCUT2D eigenvalue weighted by molar-refractivity contribution is 0.578. The molecule has 0 bridgehead atoms. The van der Waals surface area contributed by atoms with E-state index in [-0.39, 0.29) is 0 Å². The van der Waals surface area contributed by atoms with E-state index in [1.807, 2.05) is 17.1 Å². The maximum absolute atomic E-state index is 4.07. The fraction of sp³-hybridized carbons (Fsp3) is 0.188. The summed E-state index contributed by atoms with van der Waals surface area (Å²) < 4.78 is 3.19. The van der Waals surface area contributed by atoms with Crippen LogP contribution < -0.4 is 5.32 Å². The van der Waals surface area contributed by atoms with Gasteiger partial charge in [-0.3, -0.25) is 0 Å². The Kier molecular flexibility index (Phi) is 4.53. The molecule has 1 N–H and O–H groups in total. The van der Waals surface area contributed by atoms with Crippen molar-refractivity contribution in [2.24, 2.45) is 0 Å². The molecule has 2 aromatic heterocycles. The molecule has 0 aliphatic rings. The smallest absolute Gasteiger partial charge is 0.0991 e. The number of halogens is 1. The zero-order chi connectivity index (χ0) is 14.7. The van der Waals surface area contributed by atoms with Crippen LogP contribution in [0, 0.1) is 0 Å². The molecular formula is C16H16BrN3S. The first kappa shape index (κ1) is 14.5. The van der Waals surface area contributed by atoms with Gasteiger partial charge in [0.05, 0.1) is 6.33 Å². The molecule has 5 heteroatoms. The SMILES string of the molecule is CC(NCc1sccc1Br)c1ccc(-n2ccnc2)cc1. The molecule has 0 saturated heterocycles. The molecule has 0 aliphatic heterocycles. The summed E-state index contributed by atoms with van der Waals surface area (Å²) in [6.07, 6.45) is 5.55. The highest BCUT2D eigenvalue weighted by Gasteiger charge is 2.07. The lowest BCUT2D eigenvalue weighted by Crippen LogP contribution is -2.17. The summed E-state index contributed by atoms with van der Waals surface area (Å²) in [6, 6.07) is 11.0. The third-order valence-corrected chi connectivity index (χ3v) is 5.38. The summed E-state index contributed by atoms with van der Waals surface area (Å²) in [7, 11) is 0. The molecule has 0 spiro atoms. The van der Waals surface area contributed by atoms with Crippen LogP contribution in [0.2, 0.25) is 0 Å². The van der Waals surface area contributed by atoms with Crippen molar-refractivity contribution in [1.29, 1.82) is 0 Å². The minimum absolute atomic E-state index is 0.316. The van der Waals surface area contributed by atoms with Crippen LogP contribution in [0.3, 0.4) is 0 Å². The van der Waals surface area contributed by atoms with E-state index in [4.69, 9.17) is 0 Å². The first-order valence-electron chi connectivity index (χ1n) is 6.77. The Morgan fingerprint density at radius 3 is 2.71 bits per heavy atom. The van der Waals surface area contributed by atoms with Crippen molar-refractivity contribution >= 4 is 27.3 Å². The van der Waals surface area contributed by atoms with E-state index in [0.29, 0.717) is 6.04 Å². The predicted molar refractivity (Wildman–Crippen MR) is 90.8 cm³/mol. The zero-order valence-electron chi connectivity index (χ0n) is 11.7. The number of hydrogen-bond donors (Lipinski definition) is 1. The van der Waals surface area contributed by atoms with Gasteiger partial charge in [-0.25, -0.2) is 4.98 Å². The maximum atomic E-state index is 4.07. The van der Waals surface area contributed by atoms with Crippen LogP contribution in [0.15, 0.2) is 58.9 Å². The molecule has 0 fully saturated rings. The number of rotatable bonds is 5. The molecule has 0 aliphatic carbocycles. The van der Waals surface area contributed by atoms with Gasteiger partial charge in [-0.05, 0) is 52.0 Å². The van der Waals surface area contributed by atoms with Crippen LogP contribution in [0.4, 0.5) is 0 Å². The first-order valence-corrected chi connectivity index (χ1v) is 8.45. The van der Waals surface area contributed by atoms with Crippen LogP contribution in [-0.4, -0.2) is 9.55 Å². The van der Waals surface area contributed by atoms with Gasteiger partial charge in [0.15, 0.2) is 0 Å². The highest BCUT2D eigenvalue weighted by atomic mass is 79.9. The summed E-state index contributed by atoms with van der Waals surface area (Å²) >= 11 is 5.33. The minimum Gasteiger partial charge on any atom is -0.306 e. The van der Waals surface area contributed by atoms with E-state index in [1.165, 1.54) is 14.9 Å². The number of thiophene rings is 1. The third kappa shape index (κ3) is 3.43. The monoisotopic (exact) mass is 361 g/mol. The summed E-state index contributed by atoms with van der Waals surface area (Å²) in [5, 5.41) is 5.66. The number of benzene rings is 1. The normalized spacial score (nSPS) is 12.5. The second kappa shape index (κ2) is 6.56. The summed E-state index contributed by atoms with van der Waals surface area (Å²) in [4.78, 5) is 5.40. The lowest BCUT2D eigenvalue weighted by Gasteiger charge is -2.14. The van der Waals surface area contributed by atoms with Crippen molar-refractivity contribution in [2.45, 2.75) is 19.5 Å². The van der Waals surface area contributed by atoms with Crippen LogP contribution in [0.1, 0.15) is 23.4 Å². The van der Waals surface area contributed by atoms with E-state index in [9.17, 15) is 0 Å². The van der Waals surface area contributed by atoms with Gasteiger partial charge in [-0.1, -0.05) is 12.1 Å². The van der Waals surface area contributed by atoms with E-state index in [0.717, 1.165) is 12.2 Å². The Bertz CT molecular complexity index is 689. The average Bonchev–Trinajstić information content (AvgIpc) is 3.17. The molecule has 0 radical (unpaired) electrons. The Hall–Kier alpha value is -1.43. The number of imidazole rings is 1. The largest absolute Gasteiger partial charge is 0.306 e. The Labute approximate surface area is 136 Å². The molecule has 0 amide bonds. The maximum Gasteiger partial charge on any atom is 0.0991 e. The highest BCUT2D eigenvalue weighted by Crippen LogP contribution is 2.23. The minimum atomic E-state index is 0.316. The molecule has 108 valence electrons. The Morgan fingerprint density at radius 1 is 1.29 bits per heavy atom. The molecule has 21 heavy (non-hydrogen) atoms. The number of nitrogens with one attached hydrogen (secondary N) is 1. The Morgan fingerprint density at radius 2 is 2.10 bits per heavy atom. The van der Waals surface area contributed by atoms with Crippen molar-refractivity contribution in [3.05, 3.63) is 69.3 Å². The van der Waals surface area contributed by atoms with Gasteiger partial charge >= 0.3 is 0 Å². The van der Waals surface area contributed by atoms with Gasteiger partial charge < -0.3 is 9.88 Å². The second-order valence-corrected chi connectivity index (χ2v) is 6.71. The molecular weight excluding hydrogens is 346 g/mol. The van der Waals surface area contributed by atoms with Gasteiger partial charge in [0.2, 0.25) is 0 Å². The molecule has 3 nitrogen and oxygen atoms in total. The standard InChI is InChI=1S/C16H16BrN3S/c1-12(19-10-16-15(17)6-9-21-16)13-2-4-14(5-3-13)20-8-7-18-11-20/h2-9,11-12,19H,10H2,1H3. The quantitative estimate of drug-likeness (QED) is 0.722. The third-order valence-electron chi connectivity index (χ3n) is 3.46. The van der Waals surface area contributed by atoms with Gasteiger partial charge in [-0.2, -0.15) is 0 Å². The van der Waals surface area contributed by atoms with E-state index >= 15 is 0 Å². The lowest BCUT2D eigenvalue weighted by atomic mass is 10.1. The zero-order valence-corrected chi connectivity index (χ0v) is 14.1. The van der Waals surface area contributed by atoms with Crippen molar-refractivity contribution in [3.8, 4) is 5.69 Å². The molecule has 3 aromatic rings. The van der Waals surface area contributed by atoms with Gasteiger partial charge in [0.25, 0.3) is 0 Å². The van der Waals surface area contributed by atoms with E-state index in [1.54, 1.807) is 17.5 Å². The molecule has 1 aromatic carbocycles. The topological polar surface area (TPSA) is 29.9 Å². The molecule has 3 rings (SSSR count).